The van der Waals surface area contributed by atoms with Crippen LogP contribution in [-0.2, 0) is 16.1 Å². The van der Waals surface area contributed by atoms with Crippen LogP contribution in [0.15, 0.2) is 48.5 Å². The monoisotopic (exact) mass is 416 g/mol. The van der Waals surface area contributed by atoms with Crippen LogP contribution in [0.4, 0.5) is 0 Å². The van der Waals surface area contributed by atoms with Crippen LogP contribution < -0.4 is 10.1 Å². The van der Waals surface area contributed by atoms with Gasteiger partial charge in [-0.2, -0.15) is 0 Å². The third-order valence-electron chi connectivity index (χ3n) is 4.48. The second-order valence-electron chi connectivity index (χ2n) is 7.57. The normalized spacial score (nSPS) is 11.8. The lowest BCUT2D eigenvalue weighted by molar-refractivity contribution is -0.142. The number of benzene rings is 2. The predicted octanol–water partition coefficient (Wildman–Crippen LogP) is 4.22. The summed E-state index contributed by atoms with van der Waals surface area (Å²) in [5.74, 6) is 0.399. The lowest BCUT2D eigenvalue weighted by atomic mass is 10.1. The topological polar surface area (TPSA) is 58.6 Å². The molecule has 29 heavy (non-hydrogen) atoms. The molecule has 0 saturated carbocycles. The zero-order valence-corrected chi connectivity index (χ0v) is 18.2. The van der Waals surface area contributed by atoms with Gasteiger partial charge in [-0.25, -0.2) is 0 Å². The van der Waals surface area contributed by atoms with E-state index in [1.54, 1.807) is 36.1 Å². The van der Waals surface area contributed by atoms with E-state index in [2.05, 4.69) is 5.32 Å². The summed E-state index contributed by atoms with van der Waals surface area (Å²) in [4.78, 5) is 27.1. The molecule has 2 amide bonds. The number of ether oxygens (including phenoxy) is 1. The minimum Gasteiger partial charge on any atom is -0.484 e. The Morgan fingerprint density at radius 1 is 1.10 bits per heavy atom. The van der Waals surface area contributed by atoms with Crippen molar-refractivity contribution in [3.63, 3.8) is 0 Å². The number of carbonyl (C=O) groups is 2. The second kappa shape index (κ2) is 10.9. The van der Waals surface area contributed by atoms with Gasteiger partial charge >= 0.3 is 0 Å². The van der Waals surface area contributed by atoms with E-state index in [1.165, 1.54) is 0 Å². The molecule has 0 saturated heterocycles. The zero-order valence-electron chi connectivity index (χ0n) is 17.4. The molecule has 0 spiro atoms. The summed E-state index contributed by atoms with van der Waals surface area (Å²) in [6, 6.07) is 14.2. The first kappa shape index (κ1) is 22.8. The average molecular weight is 417 g/mol. The van der Waals surface area contributed by atoms with E-state index in [9.17, 15) is 9.59 Å². The summed E-state index contributed by atoms with van der Waals surface area (Å²) in [7, 11) is 0. The minimum absolute atomic E-state index is 0.173. The molecular weight excluding hydrogens is 388 g/mol. The number of halogens is 1. The lowest BCUT2D eigenvalue weighted by Crippen LogP contribution is -2.49. The van der Waals surface area contributed by atoms with Crippen molar-refractivity contribution in [1.29, 1.82) is 0 Å². The molecule has 0 aliphatic rings. The fourth-order valence-electron chi connectivity index (χ4n) is 2.71. The Hall–Kier alpha value is -2.53. The molecule has 0 aromatic heterocycles. The molecule has 0 aliphatic heterocycles. The van der Waals surface area contributed by atoms with Crippen LogP contribution in [0.25, 0.3) is 0 Å². The van der Waals surface area contributed by atoms with E-state index in [-0.39, 0.29) is 18.4 Å². The highest BCUT2D eigenvalue weighted by molar-refractivity contribution is 6.30. The van der Waals surface area contributed by atoms with Gasteiger partial charge in [0.15, 0.2) is 6.61 Å². The van der Waals surface area contributed by atoms with Gasteiger partial charge in [0.1, 0.15) is 11.8 Å². The molecule has 0 unspecified atom stereocenters. The Morgan fingerprint density at radius 3 is 2.41 bits per heavy atom. The van der Waals surface area contributed by atoms with Gasteiger partial charge in [-0.3, -0.25) is 9.59 Å². The molecule has 0 radical (unpaired) electrons. The highest BCUT2D eigenvalue weighted by Gasteiger charge is 2.26. The molecule has 5 nitrogen and oxygen atoms in total. The molecule has 0 heterocycles. The number of nitrogens with zero attached hydrogens (tertiary/aromatic N) is 1. The van der Waals surface area contributed by atoms with Gasteiger partial charge in [-0.05, 0) is 43.5 Å². The predicted molar refractivity (Wildman–Crippen MR) is 116 cm³/mol. The van der Waals surface area contributed by atoms with E-state index in [0.717, 1.165) is 11.1 Å². The Kier molecular flexibility index (Phi) is 8.52. The first-order valence-corrected chi connectivity index (χ1v) is 10.1. The van der Waals surface area contributed by atoms with Crippen molar-refractivity contribution in [2.45, 2.75) is 40.3 Å². The minimum atomic E-state index is -0.620. The zero-order chi connectivity index (χ0) is 21.4. The molecule has 0 fully saturated rings. The van der Waals surface area contributed by atoms with Gasteiger partial charge in [0, 0.05) is 18.1 Å². The van der Waals surface area contributed by atoms with Gasteiger partial charge in [-0.1, -0.05) is 61.3 Å². The average Bonchev–Trinajstić information content (AvgIpc) is 2.69. The maximum absolute atomic E-state index is 12.9. The van der Waals surface area contributed by atoms with Crippen LogP contribution in [0.2, 0.25) is 5.02 Å². The van der Waals surface area contributed by atoms with Gasteiger partial charge in [-0.15, -0.1) is 0 Å². The maximum atomic E-state index is 12.9. The smallest absolute Gasteiger partial charge is 0.261 e. The molecule has 6 heteroatoms. The van der Waals surface area contributed by atoms with Crippen LogP contribution in [-0.4, -0.2) is 35.9 Å². The van der Waals surface area contributed by atoms with Crippen LogP contribution >= 0.6 is 11.6 Å². The summed E-state index contributed by atoms with van der Waals surface area (Å²) < 4.78 is 5.61. The second-order valence-corrected chi connectivity index (χ2v) is 8.00. The van der Waals surface area contributed by atoms with Crippen LogP contribution in [0.5, 0.6) is 5.75 Å². The van der Waals surface area contributed by atoms with E-state index in [4.69, 9.17) is 16.3 Å². The Labute approximate surface area is 178 Å². The summed E-state index contributed by atoms with van der Waals surface area (Å²) in [6.45, 7) is 8.52. The number of carbonyl (C=O) groups excluding carboxylic acids is 2. The van der Waals surface area contributed by atoms with Crippen molar-refractivity contribution in [3.05, 3.63) is 64.7 Å². The third-order valence-corrected chi connectivity index (χ3v) is 4.72. The number of hydrogen-bond donors (Lipinski definition) is 1. The number of nitrogens with one attached hydrogen (secondary N) is 1. The molecule has 0 aliphatic carbocycles. The maximum Gasteiger partial charge on any atom is 0.261 e. The summed E-state index contributed by atoms with van der Waals surface area (Å²) in [5.41, 5.74) is 2.09. The van der Waals surface area contributed by atoms with Crippen molar-refractivity contribution in [1.82, 2.24) is 10.2 Å². The molecule has 156 valence electrons. The molecule has 0 bridgehead atoms. The lowest BCUT2D eigenvalue weighted by Gasteiger charge is -2.29. The van der Waals surface area contributed by atoms with Crippen molar-refractivity contribution < 1.29 is 14.3 Å². The first-order chi connectivity index (χ1) is 13.8. The van der Waals surface area contributed by atoms with Gasteiger partial charge in [0.25, 0.3) is 5.91 Å². The van der Waals surface area contributed by atoms with Crippen molar-refractivity contribution in [2.75, 3.05) is 13.2 Å². The number of amides is 2. The Balaban J connectivity index is 2.12. The summed E-state index contributed by atoms with van der Waals surface area (Å²) in [6.07, 6.45) is 0. The molecule has 1 atom stereocenters. The molecule has 2 aromatic carbocycles. The largest absolute Gasteiger partial charge is 0.484 e. The SMILES string of the molecule is Cc1ccc(CN(C(=O)COc2cccc(Cl)c2)[C@H](C)C(=O)NCC(C)C)cc1. The quantitative estimate of drug-likeness (QED) is 0.665. The Morgan fingerprint density at radius 2 is 1.79 bits per heavy atom. The standard InChI is InChI=1S/C23H29ClN2O3/c1-16(2)13-25-23(28)18(4)26(14-19-10-8-17(3)9-11-19)22(27)15-29-21-7-5-6-20(24)12-21/h5-12,16,18H,13-15H2,1-4H3,(H,25,28)/t18-/m1/s1. The number of hydrogen-bond acceptors (Lipinski definition) is 3. The Bertz CT molecular complexity index is 821. The van der Waals surface area contributed by atoms with Gasteiger partial charge in [0.05, 0.1) is 0 Å². The highest BCUT2D eigenvalue weighted by Crippen LogP contribution is 2.18. The molecule has 2 aromatic rings. The number of aryl methyl sites for hydroxylation is 1. The van der Waals surface area contributed by atoms with E-state index < -0.39 is 6.04 Å². The third kappa shape index (κ3) is 7.42. The highest BCUT2D eigenvalue weighted by atomic mass is 35.5. The van der Waals surface area contributed by atoms with E-state index in [0.29, 0.717) is 29.8 Å². The van der Waals surface area contributed by atoms with Crippen LogP contribution in [0.1, 0.15) is 31.9 Å². The van der Waals surface area contributed by atoms with Gasteiger partial charge in [0.2, 0.25) is 5.91 Å². The first-order valence-electron chi connectivity index (χ1n) is 9.77. The van der Waals surface area contributed by atoms with Gasteiger partial charge < -0.3 is 15.0 Å². The molecule has 1 N–H and O–H groups in total. The van der Waals surface area contributed by atoms with E-state index >= 15 is 0 Å². The molecular formula is C23H29ClN2O3. The summed E-state index contributed by atoms with van der Waals surface area (Å²) in [5, 5.41) is 3.44. The van der Waals surface area contributed by atoms with Crippen molar-refractivity contribution in [2.24, 2.45) is 5.92 Å². The van der Waals surface area contributed by atoms with E-state index in [1.807, 2.05) is 45.0 Å². The number of rotatable bonds is 9. The molecule has 2 rings (SSSR count). The summed E-state index contributed by atoms with van der Waals surface area (Å²) >= 11 is 5.97. The van der Waals surface area contributed by atoms with Crippen LogP contribution in [0, 0.1) is 12.8 Å². The van der Waals surface area contributed by atoms with Crippen molar-refractivity contribution >= 4 is 23.4 Å². The fraction of sp³-hybridized carbons (Fsp3) is 0.391. The van der Waals surface area contributed by atoms with Crippen LogP contribution in [0.3, 0.4) is 0 Å². The van der Waals surface area contributed by atoms with Crippen molar-refractivity contribution in [3.8, 4) is 5.75 Å². The fourth-order valence-corrected chi connectivity index (χ4v) is 2.89.